The van der Waals surface area contributed by atoms with Crippen LogP contribution in [0.5, 0.6) is 0 Å². The summed E-state index contributed by atoms with van der Waals surface area (Å²) in [5, 5.41) is 0. The highest BCUT2D eigenvalue weighted by Gasteiger charge is 2.22. The molecule has 92 valence electrons. The second-order valence-corrected chi connectivity index (χ2v) is 4.60. The summed E-state index contributed by atoms with van der Waals surface area (Å²) in [5.41, 5.74) is 0. The molecule has 0 amide bonds. The third-order valence-corrected chi connectivity index (χ3v) is 3.55. The van der Waals surface area contributed by atoms with Crippen molar-refractivity contribution in [1.29, 1.82) is 0 Å². The van der Waals surface area contributed by atoms with Gasteiger partial charge in [0.1, 0.15) is 0 Å². The van der Waals surface area contributed by atoms with Crippen molar-refractivity contribution in [2.24, 2.45) is 0 Å². The highest BCUT2D eigenvalue weighted by Crippen LogP contribution is 2.12. The van der Waals surface area contributed by atoms with Gasteiger partial charge in [0, 0.05) is 19.3 Å². The molecule has 0 aliphatic heterocycles. The van der Waals surface area contributed by atoms with Gasteiger partial charge in [0.2, 0.25) is 0 Å². The van der Waals surface area contributed by atoms with Crippen molar-refractivity contribution in [3.8, 4) is 0 Å². The van der Waals surface area contributed by atoms with Crippen LogP contribution in [0.25, 0.3) is 0 Å². The maximum Gasteiger partial charge on any atom is 0.682 e. The Morgan fingerprint density at radius 2 is 1.00 bits per heavy atom. The van der Waals surface area contributed by atoms with Crippen molar-refractivity contribution in [3.05, 3.63) is 37.0 Å². The predicted octanol–water partition coefficient (Wildman–Crippen LogP) is 3.52. The molecule has 0 heterocycles. The Morgan fingerprint density at radius 1 is 0.750 bits per heavy atom. The molecule has 4 heteroatoms. The Balaban J connectivity index is 4.31. The fourth-order valence-electron chi connectivity index (χ4n) is 0.730. The largest absolute Gasteiger partial charge is 0.682 e. The summed E-state index contributed by atoms with van der Waals surface area (Å²) in [5.74, 6) is 2.01. The third-order valence-electron chi connectivity index (χ3n) is 1.97. The minimum Gasteiger partial charge on any atom is -0.490 e. The summed E-state index contributed by atoms with van der Waals surface area (Å²) < 4.78 is 16.6. The van der Waals surface area contributed by atoms with Crippen LogP contribution in [-0.2, 0) is 13.3 Å². The van der Waals surface area contributed by atoms with Crippen molar-refractivity contribution in [1.82, 2.24) is 0 Å². The van der Waals surface area contributed by atoms with E-state index in [0.29, 0.717) is 17.3 Å². The molecule has 0 unspecified atom stereocenters. The van der Waals surface area contributed by atoms with Gasteiger partial charge in [0.15, 0.2) is 0 Å². The predicted molar refractivity (Wildman–Crippen MR) is 68.7 cm³/mol. The Kier molecular flexibility index (Phi) is 7.46. The topological polar surface area (TPSA) is 27.7 Å². The van der Waals surface area contributed by atoms with Crippen LogP contribution in [0.1, 0.15) is 40.0 Å². The van der Waals surface area contributed by atoms with Crippen molar-refractivity contribution < 1.29 is 13.3 Å². The fraction of sp³-hybridized carbons (Fsp3) is 0.500. The fourth-order valence-corrected chi connectivity index (χ4v) is 2.19. The van der Waals surface area contributed by atoms with Crippen molar-refractivity contribution in [2.45, 2.75) is 40.0 Å². The maximum atomic E-state index is 5.52. The van der Waals surface area contributed by atoms with E-state index in [4.69, 9.17) is 13.3 Å². The zero-order chi connectivity index (χ0) is 12.6. The summed E-state index contributed by atoms with van der Waals surface area (Å²) in [4.78, 5) is 0. The molecule has 0 saturated carbocycles. The van der Waals surface area contributed by atoms with Crippen LogP contribution in [0.4, 0.5) is 0 Å². The van der Waals surface area contributed by atoms with Crippen molar-refractivity contribution >= 4 is 9.53 Å². The van der Waals surface area contributed by atoms with E-state index in [1.807, 2.05) is 20.8 Å². The Morgan fingerprint density at radius 3 is 1.19 bits per heavy atom. The summed E-state index contributed by atoms with van der Waals surface area (Å²) in [6.07, 6.45) is 2.23. The van der Waals surface area contributed by atoms with Gasteiger partial charge in [-0.05, 0) is 0 Å². The molecule has 0 bridgehead atoms. The number of hydrogen-bond donors (Lipinski definition) is 0. The third kappa shape index (κ3) is 6.34. The number of rotatable bonds is 9. The van der Waals surface area contributed by atoms with Crippen LogP contribution in [0.3, 0.4) is 0 Å². The zero-order valence-corrected chi connectivity index (χ0v) is 11.7. The average molecular weight is 242 g/mol. The molecule has 0 fully saturated rings. The quantitative estimate of drug-likeness (QED) is 0.457. The smallest absolute Gasteiger partial charge is 0.490 e. The zero-order valence-electron chi connectivity index (χ0n) is 10.5. The van der Waals surface area contributed by atoms with E-state index < -0.39 is 9.53 Å². The molecule has 0 radical (unpaired) electrons. The SMILES string of the molecule is C=C(CC)O[SiH](OC(=C)CC)OC(=C)CC. The highest BCUT2D eigenvalue weighted by atomic mass is 28.3. The van der Waals surface area contributed by atoms with Crippen LogP contribution < -0.4 is 0 Å². The summed E-state index contributed by atoms with van der Waals surface area (Å²) >= 11 is 0. The van der Waals surface area contributed by atoms with Crippen molar-refractivity contribution in [3.63, 3.8) is 0 Å². The van der Waals surface area contributed by atoms with Crippen LogP contribution in [0, 0.1) is 0 Å². The summed E-state index contributed by atoms with van der Waals surface area (Å²) in [7, 11) is -2.26. The van der Waals surface area contributed by atoms with E-state index in [1.165, 1.54) is 0 Å². The molecular weight excluding hydrogens is 220 g/mol. The van der Waals surface area contributed by atoms with E-state index >= 15 is 0 Å². The first-order valence-electron chi connectivity index (χ1n) is 5.56. The number of allylic oxidation sites excluding steroid dienone is 3. The molecule has 3 nitrogen and oxygen atoms in total. The Labute approximate surface area is 100 Å². The van der Waals surface area contributed by atoms with Gasteiger partial charge in [0.25, 0.3) is 0 Å². The molecule has 0 rings (SSSR count). The van der Waals surface area contributed by atoms with Gasteiger partial charge in [0.05, 0.1) is 17.3 Å². The molecule has 0 aromatic carbocycles. The van der Waals surface area contributed by atoms with Gasteiger partial charge >= 0.3 is 9.53 Å². The molecule has 0 aromatic rings. The number of hydrogen-bond acceptors (Lipinski definition) is 3. The van der Waals surface area contributed by atoms with E-state index in [9.17, 15) is 0 Å². The molecule has 0 spiro atoms. The van der Waals surface area contributed by atoms with Gasteiger partial charge in [-0.1, -0.05) is 40.5 Å². The standard InChI is InChI=1S/C12H22O3Si/c1-7-10(4)13-16(14-11(5)8-2)15-12(6)9-3/h16H,4-9H2,1-3H3. The maximum absolute atomic E-state index is 5.52. The molecule has 0 aliphatic rings. The lowest BCUT2D eigenvalue weighted by molar-refractivity contribution is 0.174. The summed E-state index contributed by atoms with van der Waals surface area (Å²) in [6, 6.07) is 0. The van der Waals surface area contributed by atoms with E-state index in [1.54, 1.807) is 0 Å². The van der Waals surface area contributed by atoms with E-state index in [0.717, 1.165) is 19.3 Å². The molecule has 0 atom stereocenters. The summed E-state index contributed by atoms with van der Waals surface area (Å²) in [6.45, 7) is 17.2. The molecule has 0 aromatic heterocycles. The average Bonchev–Trinajstić information content (AvgIpc) is 2.28. The van der Waals surface area contributed by atoms with Gasteiger partial charge in [-0.2, -0.15) is 0 Å². The van der Waals surface area contributed by atoms with E-state index in [2.05, 4.69) is 19.7 Å². The Hall–Kier alpha value is -1.16. The van der Waals surface area contributed by atoms with Crippen LogP contribution in [0.2, 0.25) is 0 Å². The van der Waals surface area contributed by atoms with Crippen molar-refractivity contribution in [2.75, 3.05) is 0 Å². The normalized spacial score (nSPS) is 9.75. The van der Waals surface area contributed by atoms with Crippen LogP contribution in [-0.4, -0.2) is 9.53 Å². The van der Waals surface area contributed by atoms with Gasteiger partial charge in [-0.25, -0.2) is 0 Å². The molecular formula is C12H22O3Si. The molecule has 0 aliphatic carbocycles. The highest BCUT2D eigenvalue weighted by molar-refractivity contribution is 6.37. The molecule has 0 saturated heterocycles. The Bertz CT molecular complexity index is 218. The first-order valence-corrected chi connectivity index (χ1v) is 6.98. The van der Waals surface area contributed by atoms with Gasteiger partial charge in [-0.3, -0.25) is 0 Å². The van der Waals surface area contributed by atoms with Gasteiger partial charge in [-0.15, -0.1) is 0 Å². The lowest BCUT2D eigenvalue weighted by Gasteiger charge is -2.20. The minimum atomic E-state index is -2.26. The first-order chi connectivity index (χ1) is 7.53. The van der Waals surface area contributed by atoms with E-state index in [-0.39, 0.29) is 0 Å². The molecule has 0 N–H and O–H groups in total. The first kappa shape index (κ1) is 14.8. The van der Waals surface area contributed by atoms with Crippen LogP contribution >= 0.6 is 0 Å². The lowest BCUT2D eigenvalue weighted by atomic mass is 10.4. The van der Waals surface area contributed by atoms with Gasteiger partial charge < -0.3 is 13.3 Å². The monoisotopic (exact) mass is 242 g/mol. The van der Waals surface area contributed by atoms with Crippen LogP contribution in [0.15, 0.2) is 37.0 Å². The molecule has 16 heavy (non-hydrogen) atoms. The minimum absolute atomic E-state index is 0.671. The lowest BCUT2D eigenvalue weighted by Crippen LogP contribution is -2.26. The second kappa shape index (κ2) is 8.04. The second-order valence-electron chi connectivity index (χ2n) is 3.32.